The molecule has 0 saturated heterocycles. The molecule has 0 saturated carbocycles. The van der Waals surface area contributed by atoms with Crippen LogP contribution in [-0.2, 0) is 9.53 Å². The second-order valence-corrected chi connectivity index (χ2v) is 8.22. The highest BCUT2D eigenvalue weighted by Crippen LogP contribution is 2.30. The Hall–Kier alpha value is -3.92. The van der Waals surface area contributed by atoms with Crippen molar-refractivity contribution in [2.24, 2.45) is 4.99 Å². The lowest BCUT2D eigenvalue weighted by molar-refractivity contribution is -0.384. The van der Waals surface area contributed by atoms with Gasteiger partial charge in [0.15, 0.2) is 4.80 Å². The molecule has 3 aromatic rings. The van der Waals surface area contributed by atoms with E-state index in [4.69, 9.17) is 4.74 Å². The summed E-state index contributed by atoms with van der Waals surface area (Å²) >= 11 is 1.10. The van der Waals surface area contributed by atoms with Gasteiger partial charge in [-0.25, -0.2) is 14.2 Å². The lowest BCUT2D eigenvalue weighted by atomic mass is 9.96. The van der Waals surface area contributed by atoms with E-state index >= 15 is 0 Å². The number of thiazole rings is 1. The first-order valence-corrected chi connectivity index (χ1v) is 10.8. The van der Waals surface area contributed by atoms with Crippen molar-refractivity contribution in [3.05, 3.63) is 107 Å². The third-order valence-electron chi connectivity index (χ3n) is 5.08. The smallest absolute Gasteiger partial charge is 0.338 e. The fourth-order valence-corrected chi connectivity index (χ4v) is 4.68. The van der Waals surface area contributed by atoms with E-state index in [1.54, 1.807) is 26.0 Å². The van der Waals surface area contributed by atoms with Crippen molar-refractivity contribution < 1.29 is 18.8 Å². The van der Waals surface area contributed by atoms with Gasteiger partial charge in [-0.3, -0.25) is 19.5 Å². The SMILES string of the molecule is CCOC(=O)C1=C(C)N=c2s/c(=C/c3cccc([N+](=O)[O-])c3)c(=O)n2[C@@H]1c1ccc(F)cc1. The third-order valence-corrected chi connectivity index (χ3v) is 6.06. The van der Waals surface area contributed by atoms with E-state index in [-0.39, 0.29) is 17.9 Å². The summed E-state index contributed by atoms with van der Waals surface area (Å²) in [6.45, 7) is 3.47. The molecule has 8 nitrogen and oxygen atoms in total. The Balaban J connectivity index is 1.94. The molecule has 0 bridgehead atoms. The summed E-state index contributed by atoms with van der Waals surface area (Å²) in [6, 6.07) is 10.6. The Bertz CT molecular complexity index is 1470. The molecular formula is C23H18FN3O5S. The molecule has 2 heterocycles. The first-order chi connectivity index (χ1) is 15.8. The summed E-state index contributed by atoms with van der Waals surface area (Å²) in [7, 11) is 0. The van der Waals surface area contributed by atoms with Crippen LogP contribution in [-0.4, -0.2) is 22.1 Å². The third kappa shape index (κ3) is 4.24. The maximum atomic E-state index is 13.6. The molecule has 0 fully saturated rings. The zero-order valence-corrected chi connectivity index (χ0v) is 18.5. The van der Waals surface area contributed by atoms with Crippen molar-refractivity contribution in [1.82, 2.24) is 4.57 Å². The average Bonchev–Trinajstić information content (AvgIpc) is 3.08. The van der Waals surface area contributed by atoms with Gasteiger partial charge < -0.3 is 4.74 Å². The molecule has 1 aromatic heterocycles. The molecule has 168 valence electrons. The van der Waals surface area contributed by atoms with Gasteiger partial charge in [-0.2, -0.15) is 0 Å². The van der Waals surface area contributed by atoms with Crippen LogP contribution < -0.4 is 14.9 Å². The fourth-order valence-electron chi connectivity index (χ4n) is 3.63. The molecule has 1 atom stereocenters. The Kier molecular flexibility index (Phi) is 6.01. The predicted molar refractivity (Wildman–Crippen MR) is 120 cm³/mol. The van der Waals surface area contributed by atoms with Gasteiger partial charge in [0.05, 0.1) is 33.4 Å². The quantitative estimate of drug-likeness (QED) is 0.326. The molecule has 0 unspecified atom stereocenters. The molecule has 10 heteroatoms. The van der Waals surface area contributed by atoms with Crippen LogP contribution >= 0.6 is 11.3 Å². The number of carbonyl (C=O) groups excluding carboxylic acids is 1. The van der Waals surface area contributed by atoms with Crippen molar-refractivity contribution in [3.8, 4) is 0 Å². The number of hydrogen-bond donors (Lipinski definition) is 0. The zero-order valence-electron chi connectivity index (χ0n) is 17.6. The first kappa shape index (κ1) is 22.3. The van der Waals surface area contributed by atoms with Gasteiger partial charge in [-0.1, -0.05) is 35.6 Å². The number of hydrogen-bond acceptors (Lipinski definition) is 7. The van der Waals surface area contributed by atoms with E-state index in [0.29, 0.717) is 26.2 Å². The lowest BCUT2D eigenvalue weighted by Gasteiger charge is -2.24. The Morgan fingerprint density at radius 3 is 2.70 bits per heavy atom. The standard InChI is InChI=1S/C23H18FN3O5S/c1-3-32-22(29)19-13(2)25-23-26(20(19)15-7-9-16(24)10-8-15)21(28)18(33-23)12-14-5-4-6-17(11-14)27(30)31/h4-12,20H,3H2,1-2H3/b18-12+/t20-/m1/s1. The van der Waals surface area contributed by atoms with Crippen LogP contribution in [0.5, 0.6) is 0 Å². The number of esters is 1. The van der Waals surface area contributed by atoms with E-state index in [9.17, 15) is 24.1 Å². The van der Waals surface area contributed by atoms with E-state index in [1.807, 2.05) is 0 Å². The number of aromatic nitrogens is 1. The molecule has 2 aromatic carbocycles. The van der Waals surface area contributed by atoms with Crippen molar-refractivity contribution in [2.75, 3.05) is 6.61 Å². The van der Waals surface area contributed by atoms with E-state index in [0.717, 1.165) is 11.3 Å². The van der Waals surface area contributed by atoms with Crippen LogP contribution in [0, 0.1) is 15.9 Å². The number of benzene rings is 2. The number of carbonyl (C=O) groups is 1. The van der Waals surface area contributed by atoms with Crippen LogP contribution in [0.3, 0.4) is 0 Å². The van der Waals surface area contributed by atoms with Crippen molar-refractivity contribution >= 4 is 29.1 Å². The van der Waals surface area contributed by atoms with Crippen molar-refractivity contribution in [1.29, 1.82) is 0 Å². The molecule has 0 radical (unpaired) electrons. The minimum absolute atomic E-state index is 0.0962. The largest absolute Gasteiger partial charge is 0.463 e. The Morgan fingerprint density at radius 2 is 2.03 bits per heavy atom. The van der Waals surface area contributed by atoms with Crippen LogP contribution in [0.2, 0.25) is 0 Å². The summed E-state index contributed by atoms with van der Waals surface area (Å²) < 4.78 is 20.4. The predicted octanol–water partition coefficient (Wildman–Crippen LogP) is 2.85. The minimum Gasteiger partial charge on any atom is -0.463 e. The number of nitrogens with zero attached hydrogens (tertiary/aromatic N) is 3. The first-order valence-electron chi connectivity index (χ1n) is 9.99. The molecule has 0 spiro atoms. The number of ether oxygens (including phenoxy) is 1. The lowest BCUT2D eigenvalue weighted by Crippen LogP contribution is -2.39. The number of non-ortho nitro benzene ring substituents is 1. The van der Waals surface area contributed by atoms with Crippen LogP contribution in [0.15, 0.2) is 69.6 Å². The molecule has 33 heavy (non-hydrogen) atoms. The highest BCUT2D eigenvalue weighted by Gasteiger charge is 2.33. The normalized spacial score (nSPS) is 15.7. The van der Waals surface area contributed by atoms with Gasteiger partial charge in [0.1, 0.15) is 5.82 Å². The zero-order chi connectivity index (χ0) is 23.7. The monoisotopic (exact) mass is 467 g/mol. The highest BCUT2D eigenvalue weighted by atomic mass is 32.1. The minimum atomic E-state index is -0.854. The van der Waals surface area contributed by atoms with Gasteiger partial charge in [-0.15, -0.1) is 0 Å². The Labute approximate surface area is 190 Å². The van der Waals surface area contributed by atoms with E-state index < -0.39 is 28.3 Å². The maximum Gasteiger partial charge on any atom is 0.338 e. The number of nitro benzene ring substituents is 1. The summed E-state index contributed by atoms with van der Waals surface area (Å²) in [6.07, 6.45) is 1.54. The summed E-state index contributed by atoms with van der Waals surface area (Å²) in [4.78, 5) is 41.6. The molecular weight excluding hydrogens is 449 g/mol. The molecule has 1 aliphatic rings. The topological polar surface area (TPSA) is 104 Å². The number of nitro groups is 1. The van der Waals surface area contributed by atoms with Gasteiger partial charge in [0.25, 0.3) is 11.2 Å². The number of halogens is 1. The fraction of sp³-hybridized carbons (Fsp3) is 0.174. The molecule has 0 amide bonds. The second kappa shape index (κ2) is 8.91. The van der Waals surface area contributed by atoms with Gasteiger partial charge in [0.2, 0.25) is 0 Å². The Morgan fingerprint density at radius 1 is 1.30 bits per heavy atom. The van der Waals surface area contributed by atoms with Crippen molar-refractivity contribution in [3.63, 3.8) is 0 Å². The number of fused-ring (bicyclic) bond motifs is 1. The van der Waals surface area contributed by atoms with E-state index in [2.05, 4.69) is 4.99 Å². The molecule has 0 aliphatic carbocycles. The summed E-state index contributed by atoms with van der Waals surface area (Å²) in [5, 5.41) is 11.1. The highest BCUT2D eigenvalue weighted by molar-refractivity contribution is 7.07. The van der Waals surface area contributed by atoms with Crippen LogP contribution in [0.1, 0.15) is 31.0 Å². The number of rotatable bonds is 5. The second-order valence-electron chi connectivity index (χ2n) is 7.21. The van der Waals surface area contributed by atoms with Gasteiger partial charge in [-0.05, 0) is 43.2 Å². The van der Waals surface area contributed by atoms with E-state index in [1.165, 1.54) is 47.0 Å². The van der Waals surface area contributed by atoms with Gasteiger partial charge in [0, 0.05) is 12.1 Å². The molecule has 1 aliphatic heterocycles. The molecule has 4 rings (SSSR count). The molecule has 0 N–H and O–H groups in total. The summed E-state index contributed by atoms with van der Waals surface area (Å²) in [5.41, 5.74) is 1.07. The average molecular weight is 467 g/mol. The van der Waals surface area contributed by atoms with Crippen molar-refractivity contribution in [2.45, 2.75) is 19.9 Å². The summed E-state index contributed by atoms with van der Waals surface area (Å²) in [5.74, 6) is -1.06. The maximum absolute atomic E-state index is 13.6. The van der Waals surface area contributed by atoms with Gasteiger partial charge >= 0.3 is 5.97 Å². The van der Waals surface area contributed by atoms with Crippen LogP contribution in [0.25, 0.3) is 6.08 Å². The number of allylic oxidation sites excluding steroid dienone is 1. The van der Waals surface area contributed by atoms with Crippen LogP contribution in [0.4, 0.5) is 10.1 Å².